The van der Waals surface area contributed by atoms with Crippen LogP contribution in [-0.4, -0.2) is 21.1 Å². The molecular weight excluding hydrogens is 316 g/mol. The number of unbranched alkanes of at least 4 members (excludes halogenated alkanes) is 2. The molecule has 1 N–H and O–H groups in total. The third-order valence-electron chi connectivity index (χ3n) is 3.19. The van der Waals surface area contributed by atoms with Gasteiger partial charge in [0.15, 0.2) is 0 Å². The lowest BCUT2D eigenvalue weighted by molar-refractivity contribution is 0.102. The second-order valence-corrected chi connectivity index (χ2v) is 7.63. The van der Waals surface area contributed by atoms with E-state index < -0.39 is 0 Å². The number of anilines is 1. The van der Waals surface area contributed by atoms with Crippen LogP contribution in [0.3, 0.4) is 0 Å². The van der Waals surface area contributed by atoms with Crippen LogP contribution in [0.2, 0.25) is 0 Å². The van der Waals surface area contributed by atoms with Crippen molar-refractivity contribution in [3.63, 3.8) is 0 Å². The first kappa shape index (κ1) is 17.0. The standard InChI is InChI=1S/C15H22N4OS2/c1-5-6-7-8-11-18-19-15(21-11)17-13(20)12-10(4)16-14(22-12)9(2)3/h9H,5-8H2,1-4H3,(H,17,19,20). The van der Waals surface area contributed by atoms with Gasteiger partial charge in [-0.05, 0) is 13.3 Å². The second kappa shape index (κ2) is 7.78. The van der Waals surface area contributed by atoms with Crippen LogP contribution in [0.4, 0.5) is 5.13 Å². The summed E-state index contributed by atoms with van der Waals surface area (Å²) in [5, 5.41) is 13.6. The average molecular weight is 339 g/mol. The Hall–Kier alpha value is -1.34. The molecule has 0 bridgehead atoms. The maximum atomic E-state index is 12.3. The summed E-state index contributed by atoms with van der Waals surface area (Å²) in [6, 6.07) is 0. The fraction of sp³-hybridized carbons (Fsp3) is 0.600. The molecule has 0 fully saturated rings. The molecule has 2 aromatic heterocycles. The SMILES string of the molecule is CCCCCc1nnc(NC(=O)c2sc(C(C)C)nc2C)s1. The maximum Gasteiger partial charge on any atom is 0.269 e. The number of thiazole rings is 1. The Kier molecular flexibility index (Phi) is 6.02. The minimum absolute atomic E-state index is 0.141. The smallest absolute Gasteiger partial charge is 0.269 e. The second-order valence-electron chi connectivity index (χ2n) is 5.53. The van der Waals surface area contributed by atoms with E-state index in [2.05, 4.69) is 41.3 Å². The summed E-state index contributed by atoms with van der Waals surface area (Å²) in [4.78, 5) is 17.5. The van der Waals surface area contributed by atoms with E-state index in [1.54, 1.807) is 0 Å². The molecule has 0 aliphatic heterocycles. The molecule has 2 rings (SSSR count). The van der Waals surface area contributed by atoms with Gasteiger partial charge >= 0.3 is 0 Å². The Bertz CT molecular complexity index is 633. The van der Waals surface area contributed by atoms with Crippen molar-refractivity contribution in [3.05, 3.63) is 20.6 Å². The van der Waals surface area contributed by atoms with Crippen LogP contribution in [0, 0.1) is 6.92 Å². The third-order valence-corrected chi connectivity index (χ3v) is 5.55. The Balaban J connectivity index is 2.00. The molecule has 0 radical (unpaired) electrons. The van der Waals surface area contributed by atoms with Crippen LogP contribution in [0.15, 0.2) is 0 Å². The maximum absolute atomic E-state index is 12.3. The summed E-state index contributed by atoms with van der Waals surface area (Å²) in [5.41, 5.74) is 0.777. The van der Waals surface area contributed by atoms with Crippen LogP contribution < -0.4 is 5.32 Å². The van der Waals surface area contributed by atoms with Gasteiger partial charge in [0, 0.05) is 12.3 Å². The van der Waals surface area contributed by atoms with Crippen molar-refractivity contribution in [1.29, 1.82) is 0 Å². The minimum atomic E-state index is -0.141. The molecule has 5 nitrogen and oxygen atoms in total. The zero-order valence-corrected chi connectivity index (χ0v) is 15.1. The molecule has 1 amide bonds. The monoisotopic (exact) mass is 338 g/mol. The normalized spacial score (nSPS) is 11.1. The molecule has 120 valence electrons. The molecule has 0 aromatic carbocycles. The molecule has 0 aliphatic carbocycles. The highest BCUT2D eigenvalue weighted by Crippen LogP contribution is 2.26. The van der Waals surface area contributed by atoms with E-state index in [9.17, 15) is 4.79 Å². The zero-order valence-electron chi connectivity index (χ0n) is 13.5. The van der Waals surface area contributed by atoms with E-state index in [-0.39, 0.29) is 5.91 Å². The van der Waals surface area contributed by atoms with E-state index in [0.29, 0.717) is 15.9 Å². The molecule has 0 saturated heterocycles. The van der Waals surface area contributed by atoms with E-state index in [1.165, 1.54) is 35.5 Å². The highest BCUT2D eigenvalue weighted by Gasteiger charge is 2.18. The minimum Gasteiger partial charge on any atom is -0.296 e. The largest absolute Gasteiger partial charge is 0.296 e. The third kappa shape index (κ3) is 4.33. The number of nitrogens with zero attached hydrogens (tertiary/aromatic N) is 3. The number of hydrogen-bond donors (Lipinski definition) is 1. The van der Waals surface area contributed by atoms with Crippen molar-refractivity contribution in [2.75, 3.05) is 5.32 Å². The van der Waals surface area contributed by atoms with Crippen molar-refractivity contribution in [1.82, 2.24) is 15.2 Å². The van der Waals surface area contributed by atoms with Gasteiger partial charge in [0.05, 0.1) is 10.7 Å². The van der Waals surface area contributed by atoms with Crippen molar-refractivity contribution >= 4 is 33.7 Å². The zero-order chi connectivity index (χ0) is 16.1. The van der Waals surface area contributed by atoms with Gasteiger partial charge in [-0.3, -0.25) is 10.1 Å². The number of amides is 1. The number of carbonyl (C=O) groups excluding carboxylic acids is 1. The van der Waals surface area contributed by atoms with E-state index in [1.807, 2.05) is 6.92 Å². The first-order valence-electron chi connectivity index (χ1n) is 7.62. The van der Waals surface area contributed by atoms with Crippen molar-refractivity contribution in [2.24, 2.45) is 0 Å². The van der Waals surface area contributed by atoms with Gasteiger partial charge < -0.3 is 0 Å². The summed E-state index contributed by atoms with van der Waals surface area (Å²) in [6.07, 6.45) is 4.42. The predicted octanol–water partition coefficient (Wildman–Crippen LogP) is 4.41. The summed E-state index contributed by atoms with van der Waals surface area (Å²) >= 11 is 2.91. The summed E-state index contributed by atoms with van der Waals surface area (Å²) in [6.45, 7) is 8.20. The highest BCUT2D eigenvalue weighted by molar-refractivity contribution is 7.16. The fourth-order valence-electron chi connectivity index (χ4n) is 1.96. The average Bonchev–Trinajstić information content (AvgIpc) is 3.06. The number of rotatable bonds is 7. The van der Waals surface area contributed by atoms with Gasteiger partial charge in [0.1, 0.15) is 9.88 Å². The van der Waals surface area contributed by atoms with E-state index in [4.69, 9.17) is 0 Å². The van der Waals surface area contributed by atoms with Crippen molar-refractivity contribution < 1.29 is 4.79 Å². The summed E-state index contributed by atoms with van der Waals surface area (Å²) in [5.74, 6) is 0.190. The van der Waals surface area contributed by atoms with Crippen molar-refractivity contribution in [3.8, 4) is 0 Å². The Morgan fingerprint density at radius 3 is 2.64 bits per heavy atom. The first-order chi connectivity index (χ1) is 10.5. The molecule has 22 heavy (non-hydrogen) atoms. The highest BCUT2D eigenvalue weighted by atomic mass is 32.1. The van der Waals surface area contributed by atoms with Crippen LogP contribution in [-0.2, 0) is 6.42 Å². The fourth-order valence-corrected chi connectivity index (χ4v) is 3.70. The number of hydrogen-bond acceptors (Lipinski definition) is 6. The van der Waals surface area contributed by atoms with Gasteiger partial charge in [-0.15, -0.1) is 21.5 Å². The first-order valence-corrected chi connectivity index (χ1v) is 9.25. The molecule has 0 saturated carbocycles. The number of aromatic nitrogens is 3. The molecule has 7 heteroatoms. The van der Waals surface area contributed by atoms with Gasteiger partial charge in [-0.2, -0.15) is 0 Å². The van der Waals surface area contributed by atoms with Crippen LogP contribution in [0.5, 0.6) is 0 Å². The topological polar surface area (TPSA) is 67.8 Å². The molecule has 2 aromatic rings. The summed E-state index contributed by atoms with van der Waals surface area (Å²) in [7, 11) is 0. The van der Waals surface area contributed by atoms with Crippen LogP contribution >= 0.6 is 22.7 Å². The number of nitrogens with one attached hydrogen (secondary N) is 1. The number of carbonyl (C=O) groups is 1. The lowest BCUT2D eigenvalue weighted by Crippen LogP contribution is -2.11. The van der Waals surface area contributed by atoms with E-state index in [0.717, 1.165) is 28.6 Å². The molecule has 0 aliphatic rings. The molecule has 2 heterocycles. The molecule has 0 atom stereocenters. The Morgan fingerprint density at radius 2 is 2.00 bits per heavy atom. The quantitative estimate of drug-likeness (QED) is 0.759. The Labute approximate surface area is 139 Å². The number of aryl methyl sites for hydroxylation is 2. The van der Waals surface area contributed by atoms with E-state index >= 15 is 0 Å². The van der Waals surface area contributed by atoms with Gasteiger partial charge in [-0.1, -0.05) is 44.9 Å². The molecule has 0 spiro atoms. The van der Waals surface area contributed by atoms with Crippen LogP contribution in [0.25, 0.3) is 0 Å². The summed E-state index contributed by atoms with van der Waals surface area (Å²) < 4.78 is 0. The lowest BCUT2D eigenvalue weighted by Gasteiger charge is -1.98. The molecule has 0 unspecified atom stereocenters. The molecular formula is C15H22N4OS2. The predicted molar refractivity (Wildman–Crippen MR) is 92.0 cm³/mol. The lowest BCUT2D eigenvalue weighted by atomic mass is 10.2. The van der Waals surface area contributed by atoms with Gasteiger partial charge in [0.2, 0.25) is 5.13 Å². The Morgan fingerprint density at radius 1 is 1.23 bits per heavy atom. The van der Waals surface area contributed by atoms with Crippen molar-refractivity contribution in [2.45, 2.75) is 59.3 Å². The van der Waals surface area contributed by atoms with Crippen LogP contribution in [0.1, 0.15) is 71.3 Å². The van der Waals surface area contributed by atoms with Gasteiger partial charge in [0.25, 0.3) is 5.91 Å². The van der Waals surface area contributed by atoms with Gasteiger partial charge in [-0.25, -0.2) is 4.98 Å².